The molecule has 0 radical (unpaired) electrons. The molecule has 0 bridgehead atoms. The largest absolute Gasteiger partial charge is 0.367 e. The second-order valence-electron chi connectivity index (χ2n) is 6.57. The van der Waals surface area contributed by atoms with Crippen molar-refractivity contribution in [2.45, 2.75) is 12.5 Å². The number of pyridine rings is 1. The topological polar surface area (TPSA) is 50.1 Å². The molecule has 0 unspecified atom stereocenters. The maximum absolute atomic E-state index is 6.14. The smallest absolute Gasteiger partial charge is 0.129 e. The molecule has 5 nitrogen and oxygen atoms in total. The number of nitrogens with zero attached hydrogens (tertiary/aromatic N) is 4. The molecule has 0 amide bonds. The Bertz CT molecular complexity index is 871. The molecule has 1 saturated heterocycles. The van der Waals surface area contributed by atoms with E-state index in [4.69, 9.17) is 21.3 Å². The van der Waals surface area contributed by atoms with Crippen LogP contribution in [-0.4, -0.2) is 44.0 Å². The summed E-state index contributed by atoms with van der Waals surface area (Å²) in [6.45, 7) is 11.3. The first-order valence-electron chi connectivity index (χ1n) is 8.89. The van der Waals surface area contributed by atoms with Crippen molar-refractivity contribution in [1.82, 2.24) is 4.98 Å². The minimum Gasteiger partial charge on any atom is -0.367 e. The van der Waals surface area contributed by atoms with E-state index in [-0.39, 0.29) is 0 Å². The third kappa shape index (κ3) is 4.82. The molecule has 146 valence electrons. The van der Waals surface area contributed by atoms with E-state index in [0.29, 0.717) is 19.0 Å². The Morgan fingerprint density at radius 3 is 2.82 bits per heavy atom. The van der Waals surface area contributed by atoms with Crippen LogP contribution in [0.5, 0.6) is 0 Å². The van der Waals surface area contributed by atoms with Gasteiger partial charge in [0.1, 0.15) is 11.4 Å². The van der Waals surface area contributed by atoms with E-state index in [2.05, 4.69) is 35.2 Å². The lowest BCUT2D eigenvalue weighted by atomic mass is 9.94. The van der Waals surface area contributed by atoms with Crippen molar-refractivity contribution in [3.63, 3.8) is 0 Å². The van der Waals surface area contributed by atoms with Crippen LogP contribution >= 0.6 is 23.4 Å². The van der Waals surface area contributed by atoms with Crippen molar-refractivity contribution in [3.05, 3.63) is 64.2 Å². The first-order valence-corrected chi connectivity index (χ1v) is 10.3. The van der Waals surface area contributed by atoms with Crippen LogP contribution < -0.4 is 4.90 Å². The average molecular weight is 415 g/mol. The SMILES string of the molecule is C=NCS/C=C(\N=C)c1cccc(N2CCO[C@@](C)(c3ccc(Cl)cc3)C2)n1. The number of morpholine rings is 1. The zero-order chi connectivity index (χ0) is 20.0. The number of aromatic nitrogens is 1. The maximum atomic E-state index is 6.14. The Morgan fingerprint density at radius 1 is 1.32 bits per heavy atom. The second kappa shape index (κ2) is 9.37. The van der Waals surface area contributed by atoms with Gasteiger partial charge in [0, 0.05) is 17.0 Å². The van der Waals surface area contributed by atoms with Crippen molar-refractivity contribution in [1.29, 1.82) is 0 Å². The Hall–Kier alpha value is -2.15. The number of ether oxygens (including phenoxy) is 1. The molecule has 1 atom stereocenters. The predicted molar refractivity (Wildman–Crippen MR) is 121 cm³/mol. The van der Waals surface area contributed by atoms with E-state index in [0.717, 1.165) is 34.3 Å². The molecule has 0 N–H and O–H groups in total. The van der Waals surface area contributed by atoms with Crippen LogP contribution in [0.15, 0.2) is 57.9 Å². The quantitative estimate of drug-likeness (QED) is 0.478. The summed E-state index contributed by atoms with van der Waals surface area (Å²) in [7, 11) is 0. The lowest BCUT2D eigenvalue weighted by Gasteiger charge is -2.41. The van der Waals surface area contributed by atoms with Gasteiger partial charge >= 0.3 is 0 Å². The Morgan fingerprint density at radius 2 is 2.11 bits per heavy atom. The molecule has 0 spiro atoms. The molecular formula is C21H23ClN4OS. The Balaban J connectivity index is 1.83. The van der Waals surface area contributed by atoms with Crippen LogP contribution in [0.4, 0.5) is 5.82 Å². The van der Waals surface area contributed by atoms with Gasteiger partial charge in [-0.1, -0.05) is 29.8 Å². The summed E-state index contributed by atoms with van der Waals surface area (Å²) in [6, 6.07) is 13.8. The summed E-state index contributed by atoms with van der Waals surface area (Å²) < 4.78 is 6.14. The van der Waals surface area contributed by atoms with Gasteiger partial charge in [-0.15, -0.1) is 11.8 Å². The van der Waals surface area contributed by atoms with E-state index in [1.165, 1.54) is 11.8 Å². The van der Waals surface area contributed by atoms with Crippen molar-refractivity contribution in [2.75, 3.05) is 30.5 Å². The van der Waals surface area contributed by atoms with Gasteiger partial charge in [0.2, 0.25) is 0 Å². The first-order chi connectivity index (χ1) is 13.6. The van der Waals surface area contributed by atoms with Crippen molar-refractivity contribution >= 4 is 48.3 Å². The summed E-state index contributed by atoms with van der Waals surface area (Å²) >= 11 is 7.55. The molecule has 2 aromatic rings. The van der Waals surface area contributed by atoms with Gasteiger partial charge in [0.05, 0.1) is 30.4 Å². The number of halogens is 1. The van der Waals surface area contributed by atoms with Crippen LogP contribution in [0.3, 0.4) is 0 Å². The average Bonchev–Trinajstić information content (AvgIpc) is 2.72. The standard InChI is InChI=1S/C21H23ClN4OS/c1-21(16-7-9-17(22)10-8-16)14-26(11-12-27-21)20-6-4-5-18(25-20)19(24-3)13-28-15-23-2/h4-10,13H,2-3,11-12,14-15H2,1H3/b19-13-/t21-/m1/s1. The summed E-state index contributed by atoms with van der Waals surface area (Å²) in [4.78, 5) is 15.0. The lowest BCUT2D eigenvalue weighted by molar-refractivity contribution is -0.0468. The number of benzene rings is 1. The van der Waals surface area contributed by atoms with Gasteiger partial charge in [0.15, 0.2) is 0 Å². The number of rotatable bonds is 7. The van der Waals surface area contributed by atoms with E-state index < -0.39 is 5.60 Å². The molecule has 1 aliphatic rings. The van der Waals surface area contributed by atoms with Crippen LogP contribution in [0.1, 0.15) is 18.2 Å². The van der Waals surface area contributed by atoms with E-state index in [9.17, 15) is 0 Å². The number of anilines is 1. The monoisotopic (exact) mass is 414 g/mol. The fraction of sp³-hybridized carbons (Fsp3) is 0.286. The number of hydrogen-bond acceptors (Lipinski definition) is 6. The second-order valence-corrected chi connectivity index (χ2v) is 7.83. The number of aliphatic imine (C=N–C) groups is 2. The molecule has 28 heavy (non-hydrogen) atoms. The zero-order valence-corrected chi connectivity index (χ0v) is 17.4. The highest BCUT2D eigenvalue weighted by molar-refractivity contribution is 8.02. The minimum absolute atomic E-state index is 0.429. The molecular weight excluding hydrogens is 392 g/mol. The lowest BCUT2D eigenvalue weighted by Crippen LogP contribution is -2.48. The van der Waals surface area contributed by atoms with Gasteiger partial charge in [-0.25, -0.2) is 4.98 Å². The van der Waals surface area contributed by atoms with Crippen LogP contribution in [0.2, 0.25) is 5.02 Å². The highest BCUT2D eigenvalue weighted by Gasteiger charge is 2.34. The summed E-state index contributed by atoms with van der Waals surface area (Å²) in [6.07, 6.45) is 0. The minimum atomic E-state index is -0.429. The normalized spacial score (nSPS) is 20.1. The van der Waals surface area contributed by atoms with Gasteiger partial charge in [-0.05, 0) is 50.2 Å². The molecule has 2 heterocycles. The zero-order valence-electron chi connectivity index (χ0n) is 15.8. The van der Waals surface area contributed by atoms with Crippen LogP contribution in [-0.2, 0) is 10.3 Å². The maximum Gasteiger partial charge on any atom is 0.129 e. The molecule has 7 heteroatoms. The molecule has 1 aromatic carbocycles. The van der Waals surface area contributed by atoms with E-state index in [1.807, 2.05) is 47.9 Å². The van der Waals surface area contributed by atoms with Crippen LogP contribution in [0.25, 0.3) is 5.70 Å². The third-order valence-electron chi connectivity index (χ3n) is 4.58. The highest BCUT2D eigenvalue weighted by atomic mass is 35.5. The number of thioether (sulfide) groups is 1. The molecule has 1 aromatic heterocycles. The van der Waals surface area contributed by atoms with Gasteiger partial charge in [-0.2, -0.15) is 0 Å². The van der Waals surface area contributed by atoms with Crippen molar-refractivity contribution < 1.29 is 4.74 Å². The summed E-state index contributed by atoms with van der Waals surface area (Å²) in [5.74, 6) is 1.46. The molecule has 3 rings (SSSR count). The third-order valence-corrected chi connectivity index (χ3v) is 5.55. The molecule has 0 aliphatic carbocycles. The fourth-order valence-electron chi connectivity index (χ4n) is 3.13. The van der Waals surface area contributed by atoms with E-state index >= 15 is 0 Å². The van der Waals surface area contributed by atoms with Crippen molar-refractivity contribution in [2.24, 2.45) is 9.98 Å². The fourth-order valence-corrected chi connectivity index (χ4v) is 3.79. The molecule has 1 fully saturated rings. The van der Waals surface area contributed by atoms with Gasteiger partial charge in [-0.3, -0.25) is 9.98 Å². The van der Waals surface area contributed by atoms with E-state index in [1.54, 1.807) is 0 Å². The Kier molecular flexibility index (Phi) is 6.88. The first kappa shape index (κ1) is 20.6. The summed E-state index contributed by atoms with van der Waals surface area (Å²) in [5, 5.41) is 2.63. The van der Waals surface area contributed by atoms with Crippen LogP contribution in [0, 0.1) is 0 Å². The molecule has 1 aliphatic heterocycles. The number of hydrogen-bond donors (Lipinski definition) is 0. The van der Waals surface area contributed by atoms with Crippen molar-refractivity contribution in [3.8, 4) is 0 Å². The van der Waals surface area contributed by atoms with Gasteiger partial charge < -0.3 is 9.64 Å². The molecule has 0 saturated carbocycles. The Labute approximate surface area is 175 Å². The highest BCUT2D eigenvalue weighted by Crippen LogP contribution is 2.32. The summed E-state index contributed by atoms with van der Waals surface area (Å²) in [5.41, 5.74) is 2.17. The predicted octanol–water partition coefficient (Wildman–Crippen LogP) is 4.88. The van der Waals surface area contributed by atoms with Gasteiger partial charge in [0.25, 0.3) is 0 Å².